The first kappa shape index (κ1) is 20.2. The van der Waals surface area contributed by atoms with Gasteiger partial charge < -0.3 is 10.4 Å². The summed E-state index contributed by atoms with van der Waals surface area (Å²) in [7, 11) is 0. The number of nitrogens with one attached hydrogen (secondary N) is 1. The van der Waals surface area contributed by atoms with Gasteiger partial charge in [0.25, 0.3) is 5.91 Å². The van der Waals surface area contributed by atoms with Crippen LogP contribution in [0.4, 0.5) is 5.82 Å². The van der Waals surface area contributed by atoms with Crippen molar-refractivity contribution in [2.45, 2.75) is 19.5 Å². The molecule has 1 aromatic carbocycles. The van der Waals surface area contributed by atoms with Crippen molar-refractivity contribution < 1.29 is 14.7 Å². The van der Waals surface area contributed by atoms with Gasteiger partial charge in [0.2, 0.25) is 0 Å². The van der Waals surface area contributed by atoms with Crippen LogP contribution in [0.3, 0.4) is 0 Å². The van der Waals surface area contributed by atoms with Crippen molar-refractivity contribution in [2.24, 2.45) is 0 Å². The summed E-state index contributed by atoms with van der Waals surface area (Å²) in [5.41, 5.74) is 0.938. The Balaban J connectivity index is 1.70. The average Bonchev–Trinajstić information content (AvgIpc) is 3.24. The van der Waals surface area contributed by atoms with Gasteiger partial charge in [-0.3, -0.25) is 19.0 Å². The predicted octanol–water partition coefficient (Wildman–Crippen LogP) is 3.82. The van der Waals surface area contributed by atoms with Crippen molar-refractivity contribution >= 4 is 52.5 Å². The molecule has 11 heteroatoms. The Labute approximate surface area is 174 Å². The quantitative estimate of drug-likeness (QED) is 0.579. The third kappa shape index (κ3) is 4.83. The smallest absolute Gasteiger partial charge is 0.305 e. The molecule has 3 aromatic rings. The monoisotopic (exact) mass is 441 g/mol. The van der Waals surface area contributed by atoms with Crippen molar-refractivity contribution in [3.63, 3.8) is 0 Å². The molecule has 0 atom stereocenters. The van der Waals surface area contributed by atoms with Gasteiger partial charge in [0, 0.05) is 28.0 Å². The largest absolute Gasteiger partial charge is 0.481 e. The Morgan fingerprint density at radius 3 is 2.46 bits per heavy atom. The van der Waals surface area contributed by atoms with Gasteiger partial charge in [-0.1, -0.05) is 40.9 Å². The second-order valence-electron chi connectivity index (χ2n) is 5.81. The molecule has 0 aliphatic carbocycles. The third-order valence-corrected chi connectivity index (χ3v) is 4.77. The number of carboxylic acid groups (broad SMARTS) is 1. The first-order chi connectivity index (χ1) is 13.3. The lowest BCUT2D eigenvalue weighted by Gasteiger charge is -2.06. The summed E-state index contributed by atoms with van der Waals surface area (Å²) in [5, 5.41) is 20.7. The fourth-order valence-electron chi connectivity index (χ4n) is 2.40. The summed E-state index contributed by atoms with van der Waals surface area (Å²) in [4.78, 5) is 23.0. The molecule has 2 aromatic heterocycles. The minimum atomic E-state index is -0.947. The van der Waals surface area contributed by atoms with Gasteiger partial charge in [-0.15, -0.1) is 0 Å². The number of aromatic nitrogens is 4. The molecular weight excluding hydrogens is 429 g/mol. The minimum Gasteiger partial charge on any atom is -0.481 e. The molecule has 0 unspecified atom stereocenters. The lowest BCUT2D eigenvalue weighted by Crippen LogP contribution is -2.13. The van der Waals surface area contributed by atoms with Crippen LogP contribution in [-0.2, 0) is 17.9 Å². The zero-order chi connectivity index (χ0) is 20.3. The van der Waals surface area contributed by atoms with Crippen LogP contribution in [0.5, 0.6) is 0 Å². The molecule has 0 spiro atoms. The first-order valence-electron chi connectivity index (χ1n) is 8.05. The summed E-state index contributed by atoms with van der Waals surface area (Å²) in [6.07, 6.45) is 4.25. The molecule has 2 heterocycles. The van der Waals surface area contributed by atoms with E-state index in [9.17, 15) is 9.59 Å². The van der Waals surface area contributed by atoms with Gasteiger partial charge in [-0.25, -0.2) is 0 Å². The maximum absolute atomic E-state index is 12.4. The summed E-state index contributed by atoms with van der Waals surface area (Å²) < 4.78 is 2.89. The fraction of sp³-hybridized carbons (Fsp3) is 0.176. The van der Waals surface area contributed by atoms with Crippen molar-refractivity contribution in [2.75, 3.05) is 5.32 Å². The Bertz CT molecular complexity index is 1010. The Hall–Kier alpha value is -2.55. The zero-order valence-corrected chi connectivity index (χ0v) is 16.5. The van der Waals surface area contributed by atoms with Crippen LogP contribution in [0.25, 0.3) is 0 Å². The highest BCUT2D eigenvalue weighted by atomic mass is 35.5. The van der Waals surface area contributed by atoms with E-state index in [-0.39, 0.29) is 35.9 Å². The number of benzene rings is 1. The average molecular weight is 443 g/mol. The van der Waals surface area contributed by atoms with E-state index in [1.54, 1.807) is 24.4 Å². The molecular formula is C17H14Cl3N5O3. The Morgan fingerprint density at radius 2 is 1.79 bits per heavy atom. The van der Waals surface area contributed by atoms with E-state index < -0.39 is 11.9 Å². The number of carbonyl (C=O) groups is 2. The van der Waals surface area contributed by atoms with Crippen molar-refractivity contribution in [1.82, 2.24) is 19.6 Å². The topological polar surface area (TPSA) is 102 Å². The van der Waals surface area contributed by atoms with Crippen LogP contribution in [0.2, 0.25) is 15.1 Å². The maximum Gasteiger partial charge on any atom is 0.305 e. The van der Waals surface area contributed by atoms with Gasteiger partial charge in [-0.05, 0) is 12.1 Å². The first-order valence-corrected chi connectivity index (χ1v) is 9.18. The van der Waals surface area contributed by atoms with Crippen LogP contribution < -0.4 is 5.32 Å². The second kappa shape index (κ2) is 8.64. The number of anilines is 1. The number of carbonyl (C=O) groups excluding carboxylic acids is 1. The van der Waals surface area contributed by atoms with E-state index in [4.69, 9.17) is 39.9 Å². The number of aliphatic carboxylic acids is 1. The maximum atomic E-state index is 12.4. The van der Waals surface area contributed by atoms with E-state index in [1.165, 1.54) is 21.8 Å². The molecule has 0 saturated heterocycles. The molecule has 0 saturated carbocycles. The molecule has 2 N–H and O–H groups in total. The van der Waals surface area contributed by atoms with E-state index in [0.717, 1.165) is 0 Å². The number of nitrogens with zero attached hydrogens (tertiary/aromatic N) is 4. The summed E-state index contributed by atoms with van der Waals surface area (Å²) in [6.45, 7) is 0.442. The molecule has 0 radical (unpaired) electrons. The second-order valence-corrected chi connectivity index (χ2v) is 7.03. The van der Waals surface area contributed by atoms with Crippen LogP contribution >= 0.6 is 34.8 Å². The van der Waals surface area contributed by atoms with Crippen LogP contribution in [-0.4, -0.2) is 36.5 Å². The molecule has 0 aliphatic heterocycles. The van der Waals surface area contributed by atoms with Gasteiger partial charge in [0.1, 0.15) is 5.02 Å². The summed E-state index contributed by atoms with van der Waals surface area (Å²) >= 11 is 18.5. The number of amides is 1. The Kier molecular flexibility index (Phi) is 6.23. The van der Waals surface area contributed by atoms with E-state index >= 15 is 0 Å². The normalized spacial score (nSPS) is 10.8. The minimum absolute atomic E-state index is 0.0937. The number of aryl methyl sites for hydroxylation is 1. The molecule has 3 rings (SSSR count). The van der Waals surface area contributed by atoms with Crippen LogP contribution in [0, 0.1) is 0 Å². The number of hydrogen-bond donors (Lipinski definition) is 2. The fourth-order valence-corrected chi connectivity index (χ4v) is 3.12. The molecule has 0 fully saturated rings. The van der Waals surface area contributed by atoms with Gasteiger partial charge in [0.05, 0.1) is 31.3 Å². The SMILES string of the molecule is O=C(O)CCn1cc(C(=O)Nc2nn(Cc3c(Cl)cccc3Cl)cc2Cl)cn1. The van der Waals surface area contributed by atoms with Crippen molar-refractivity contribution in [1.29, 1.82) is 0 Å². The highest BCUT2D eigenvalue weighted by Crippen LogP contribution is 2.27. The number of carboxylic acids is 1. The van der Waals surface area contributed by atoms with E-state index in [2.05, 4.69) is 15.5 Å². The number of hydrogen-bond acceptors (Lipinski definition) is 4. The summed E-state index contributed by atoms with van der Waals surface area (Å²) in [5.74, 6) is -1.24. The van der Waals surface area contributed by atoms with Gasteiger partial charge in [-0.2, -0.15) is 10.2 Å². The molecule has 1 amide bonds. The lowest BCUT2D eigenvalue weighted by atomic mass is 10.2. The standard InChI is InChI=1S/C17H14Cl3N5O3/c18-12-2-1-3-13(19)11(12)8-25-9-14(20)16(23-25)22-17(28)10-6-21-24(7-10)5-4-15(26)27/h1-3,6-7,9H,4-5,8H2,(H,26,27)(H,22,23,28). The number of halogens is 3. The highest BCUT2D eigenvalue weighted by molar-refractivity contribution is 6.36. The Morgan fingerprint density at radius 1 is 1.07 bits per heavy atom. The number of rotatable bonds is 7. The zero-order valence-electron chi connectivity index (χ0n) is 14.3. The van der Waals surface area contributed by atoms with Crippen LogP contribution in [0.15, 0.2) is 36.8 Å². The molecule has 8 nitrogen and oxygen atoms in total. The van der Waals surface area contributed by atoms with E-state index in [1.807, 2.05) is 0 Å². The third-order valence-electron chi connectivity index (χ3n) is 3.78. The van der Waals surface area contributed by atoms with Crippen molar-refractivity contribution in [3.8, 4) is 0 Å². The van der Waals surface area contributed by atoms with Gasteiger partial charge >= 0.3 is 5.97 Å². The van der Waals surface area contributed by atoms with Crippen molar-refractivity contribution in [3.05, 3.63) is 63.0 Å². The lowest BCUT2D eigenvalue weighted by molar-refractivity contribution is -0.137. The molecule has 0 aliphatic rings. The van der Waals surface area contributed by atoms with Crippen LogP contribution in [0.1, 0.15) is 22.3 Å². The predicted molar refractivity (Wildman–Crippen MR) is 105 cm³/mol. The highest BCUT2D eigenvalue weighted by Gasteiger charge is 2.15. The van der Waals surface area contributed by atoms with E-state index in [0.29, 0.717) is 15.6 Å². The van der Waals surface area contributed by atoms with Gasteiger partial charge in [0.15, 0.2) is 5.82 Å². The summed E-state index contributed by atoms with van der Waals surface area (Å²) in [6, 6.07) is 5.18. The molecule has 146 valence electrons. The molecule has 28 heavy (non-hydrogen) atoms. The molecule has 0 bridgehead atoms.